The molecule has 0 unspecified atom stereocenters. The molecule has 7 rings (SSSR count). The Morgan fingerprint density at radius 2 is 1.60 bits per heavy atom. The Labute approximate surface area is 258 Å². The highest BCUT2D eigenvalue weighted by molar-refractivity contribution is 7.90. The van der Waals surface area contributed by atoms with Crippen molar-refractivity contribution in [3.05, 3.63) is 120 Å². The lowest BCUT2D eigenvalue weighted by Crippen LogP contribution is -2.35. The number of nitrogens with zero attached hydrogens (tertiary/aromatic N) is 2. The second-order valence-electron chi connectivity index (χ2n) is 11.1. The van der Waals surface area contributed by atoms with Gasteiger partial charge in [0.25, 0.3) is 10.0 Å². The van der Waals surface area contributed by atoms with E-state index in [1.54, 1.807) is 72.8 Å². The normalized spacial score (nSPS) is 15.0. The summed E-state index contributed by atoms with van der Waals surface area (Å²) in [6.07, 6.45) is 2.16. The zero-order chi connectivity index (χ0) is 31.3. The number of rotatable bonds is 6. The number of esters is 1. The average molecular weight is 625 g/mol. The van der Waals surface area contributed by atoms with Gasteiger partial charge in [0.05, 0.1) is 34.3 Å². The SMILES string of the molecule is COC(=O)c1ccc(-c2c(C3(O)CCOCC3)n(-c3ccc(F)cc3)c3cc4ccn(S(=O)(=O)c5ccccc5)c4cc23)cc1. The number of ether oxygens (including phenoxy) is 2. The first-order valence-corrected chi connectivity index (χ1v) is 15.9. The summed E-state index contributed by atoms with van der Waals surface area (Å²) in [4.78, 5) is 12.4. The number of hydrogen-bond donors (Lipinski definition) is 1. The van der Waals surface area contributed by atoms with Crippen LogP contribution in [0.3, 0.4) is 0 Å². The summed E-state index contributed by atoms with van der Waals surface area (Å²) >= 11 is 0. The van der Waals surface area contributed by atoms with E-state index in [2.05, 4.69) is 0 Å². The third kappa shape index (κ3) is 4.82. The molecule has 0 radical (unpaired) electrons. The Balaban J connectivity index is 1.59. The van der Waals surface area contributed by atoms with Crippen LogP contribution in [0, 0.1) is 5.82 Å². The van der Waals surface area contributed by atoms with Gasteiger partial charge in [0, 0.05) is 54.3 Å². The van der Waals surface area contributed by atoms with Gasteiger partial charge in [-0.3, -0.25) is 0 Å². The molecule has 4 aromatic carbocycles. The van der Waals surface area contributed by atoms with Crippen molar-refractivity contribution in [1.82, 2.24) is 8.54 Å². The van der Waals surface area contributed by atoms with Crippen molar-refractivity contribution >= 4 is 37.8 Å². The van der Waals surface area contributed by atoms with Crippen molar-refractivity contribution < 1.29 is 32.2 Å². The van der Waals surface area contributed by atoms with Gasteiger partial charge in [-0.15, -0.1) is 0 Å². The van der Waals surface area contributed by atoms with E-state index in [9.17, 15) is 22.7 Å². The second kappa shape index (κ2) is 11.0. The summed E-state index contributed by atoms with van der Waals surface area (Å²) in [7, 11) is -2.61. The molecule has 0 saturated carbocycles. The van der Waals surface area contributed by atoms with E-state index in [0.29, 0.717) is 75.9 Å². The van der Waals surface area contributed by atoms with E-state index in [1.807, 2.05) is 16.7 Å². The third-order valence-electron chi connectivity index (χ3n) is 8.48. The van der Waals surface area contributed by atoms with Crippen LogP contribution >= 0.6 is 0 Å². The lowest BCUT2D eigenvalue weighted by atomic mass is 9.85. The first-order valence-electron chi connectivity index (χ1n) is 14.5. The topological polar surface area (TPSA) is 99.8 Å². The van der Waals surface area contributed by atoms with Gasteiger partial charge in [0.2, 0.25) is 0 Å². The molecule has 1 aliphatic rings. The quantitative estimate of drug-likeness (QED) is 0.215. The number of aromatic nitrogens is 2. The molecule has 10 heteroatoms. The van der Waals surface area contributed by atoms with Crippen molar-refractivity contribution in [2.45, 2.75) is 23.3 Å². The largest absolute Gasteiger partial charge is 0.465 e. The van der Waals surface area contributed by atoms with Gasteiger partial charge in [-0.05, 0) is 72.3 Å². The Bertz CT molecular complexity index is 2160. The molecule has 1 N–H and O–H groups in total. The summed E-state index contributed by atoms with van der Waals surface area (Å²) in [5.74, 6) is -0.880. The Morgan fingerprint density at radius 1 is 0.911 bits per heavy atom. The number of benzene rings is 4. The predicted octanol–water partition coefficient (Wildman–Crippen LogP) is 6.41. The smallest absolute Gasteiger partial charge is 0.337 e. The average Bonchev–Trinajstić information content (AvgIpc) is 3.64. The fourth-order valence-electron chi connectivity index (χ4n) is 6.23. The monoisotopic (exact) mass is 624 g/mol. The molecular weight excluding hydrogens is 595 g/mol. The lowest BCUT2D eigenvalue weighted by Gasteiger charge is -2.34. The van der Waals surface area contributed by atoms with Crippen LogP contribution in [0.4, 0.5) is 4.39 Å². The van der Waals surface area contributed by atoms with E-state index in [-0.39, 0.29) is 4.90 Å². The fraction of sp³-hybridized carbons (Fsp3) is 0.171. The van der Waals surface area contributed by atoms with Crippen LogP contribution in [-0.2, 0) is 25.1 Å². The van der Waals surface area contributed by atoms with Crippen LogP contribution in [0.1, 0.15) is 28.9 Å². The van der Waals surface area contributed by atoms with Crippen LogP contribution in [0.2, 0.25) is 0 Å². The van der Waals surface area contributed by atoms with Crippen molar-refractivity contribution in [2.24, 2.45) is 0 Å². The van der Waals surface area contributed by atoms with Crippen LogP contribution in [0.15, 0.2) is 108 Å². The zero-order valence-corrected chi connectivity index (χ0v) is 25.1. The van der Waals surface area contributed by atoms with E-state index in [1.165, 1.54) is 29.4 Å². The highest BCUT2D eigenvalue weighted by Crippen LogP contribution is 2.47. The van der Waals surface area contributed by atoms with Gasteiger partial charge < -0.3 is 19.1 Å². The molecule has 1 fully saturated rings. The first kappa shape index (κ1) is 29.0. The Hall–Kier alpha value is -4.77. The van der Waals surface area contributed by atoms with Gasteiger partial charge in [-0.2, -0.15) is 0 Å². The number of carbonyl (C=O) groups is 1. The van der Waals surface area contributed by atoms with Crippen LogP contribution in [0.5, 0.6) is 0 Å². The Kier molecular flexibility index (Phi) is 7.07. The molecule has 0 bridgehead atoms. The van der Waals surface area contributed by atoms with Gasteiger partial charge in [0.1, 0.15) is 11.4 Å². The molecule has 0 spiro atoms. The minimum absolute atomic E-state index is 0.155. The number of halogens is 1. The molecule has 0 amide bonds. The zero-order valence-electron chi connectivity index (χ0n) is 24.3. The molecule has 8 nitrogen and oxygen atoms in total. The molecule has 6 aromatic rings. The maximum atomic E-state index is 14.1. The highest BCUT2D eigenvalue weighted by Gasteiger charge is 2.39. The van der Waals surface area contributed by atoms with E-state index in [0.717, 1.165) is 0 Å². The molecule has 45 heavy (non-hydrogen) atoms. The minimum atomic E-state index is -3.93. The number of methoxy groups -OCH3 is 1. The van der Waals surface area contributed by atoms with Crippen LogP contribution in [-0.4, -0.2) is 48.4 Å². The maximum Gasteiger partial charge on any atom is 0.337 e. The molecule has 228 valence electrons. The molecule has 0 aliphatic carbocycles. The van der Waals surface area contributed by atoms with Crippen molar-refractivity contribution in [3.8, 4) is 16.8 Å². The minimum Gasteiger partial charge on any atom is -0.465 e. The number of hydrogen-bond acceptors (Lipinski definition) is 6. The molecule has 1 saturated heterocycles. The summed E-state index contributed by atoms with van der Waals surface area (Å²) in [5, 5.41) is 13.7. The molecule has 1 aliphatic heterocycles. The van der Waals surface area contributed by atoms with Crippen LogP contribution < -0.4 is 0 Å². The second-order valence-corrected chi connectivity index (χ2v) is 12.9. The first-order chi connectivity index (χ1) is 21.7. The fourth-order valence-corrected chi connectivity index (χ4v) is 7.60. The standard InChI is InChI=1S/C35H29FN2O6S/c1-43-34(39)24-9-7-23(8-10-24)32-29-22-30-25(15-18-37(30)45(41,42)28-5-3-2-4-6-28)21-31(29)38(27-13-11-26(36)12-14-27)33(32)35(40)16-19-44-20-17-35/h2-15,18,21-22,40H,16-17,19-20H2,1H3. The molecular formula is C35H29FN2O6S. The van der Waals surface area contributed by atoms with Gasteiger partial charge >= 0.3 is 5.97 Å². The highest BCUT2D eigenvalue weighted by atomic mass is 32.2. The summed E-state index contributed by atoms with van der Waals surface area (Å²) in [5.41, 5.74) is 2.76. The number of aliphatic hydroxyl groups is 1. The molecule has 0 atom stereocenters. The molecule has 2 aromatic heterocycles. The van der Waals surface area contributed by atoms with Gasteiger partial charge in [-0.1, -0.05) is 30.3 Å². The van der Waals surface area contributed by atoms with Crippen molar-refractivity contribution in [2.75, 3.05) is 20.3 Å². The number of carbonyl (C=O) groups excluding carboxylic acids is 1. The maximum absolute atomic E-state index is 14.1. The van der Waals surface area contributed by atoms with E-state index in [4.69, 9.17) is 9.47 Å². The summed E-state index contributed by atoms with van der Waals surface area (Å²) in [6, 6.07) is 26.6. The van der Waals surface area contributed by atoms with Gasteiger partial charge in [-0.25, -0.2) is 21.6 Å². The van der Waals surface area contributed by atoms with Crippen LogP contribution in [0.25, 0.3) is 38.6 Å². The van der Waals surface area contributed by atoms with E-state index < -0.39 is 27.4 Å². The van der Waals surface area contributed by atoms with Crippen molar-refractivity contribution in [1.29, 1.82) is 0 Å². The summed E-state index contributed by atoms with van der Waals surface area (Å²) < 4.78 is 55.4. The van der Waals surface area contributed by atoms with Crippen molar-refractivity contribution in [3.63, 3.8) is 0 Å². The number of fused-ring (bicyclic) bond motifs is 2. The summed E-state index contributed by atoms with van der Waals surface area (Å²) in [6.45, 7) is 0.676. The third-order valence-corrected chi connectivity index (χ3v) is 10.2. The molecule has 3 heterocycles. The van der Waals surface area contributed by atoms with Gasteiger partial charge in [0.15, 0.2) is 0 Å². The predicted molar refractivity (Wildman–Crippen MR) is 168 cm³/mol. The van der Waals surface area contributed by atoms with E-state index >= 15 is 0 Å². The lowest BCUT2D eigenvalue weighted by molar-refractivity contribution is -0.0708. The Morgan fingerprint density at radius 3 is 2.27 bits per heavy atom.